The number of benzene rings is 4. The number of aryl methyl sites for hydroxylation is 2. The van der Waals surface area contributed by atoms with Gasteiger partial charge in [-0.1, -0.05) is 143 Å². The number of hydrogen-bond acceptors (Lipinski definition) is 0. The van der Waals surface area contributed by atoms with Crippen LogP contribution in [-0.4, -0.2) is 8.07 Å². The Morgan fingerprint density at radius 2 is 1.03 bits per heavy atom. The molecule has 190 valence electrons. The van der Waals surface area contributed by atoms with Gasteiger partial charge in [0.25, 0.3) is 0 Å². The zero-order valence-corrected chi connectivity index (χ0v) is 24.2. The van der Waals surface area contributed by atoms with Crippen molar-refractivity contribution in [3.8, 4) is 22.3 Å². The molecule has 0 nitrogen and oxygen atoms in total. The van der Waals surface area contributed by atoms with E-state index in [2.05, 4.69) is 136 Å². The first-order chi connectivity index (χ1) is 18.5. The highest BCUT2D eigenvalue weighted by Crippen LogP contribution is 2.50. The second-order valence-electron chi connectivity index (χ2n) is 11.5. The summed E-state index contributed by atoms with van der Waals surface area (Å²) in [4.78, 5) is 0. The fourth-order valence-electron chi connectivity index (χ4n) is 7.00. The number of fused-ring (bicyclic) bond motifs is 2. The molecule has 2 atom stereocenters. The van der Waals surface area contributed by atoms with Crippen molar-refractivity contribution < 1.29 is 0 Å². The van der Waals surface area contributed by atoms with Gasteiger partial charge in [0.15, 0.2) is 0 Å². The van der Waals surface area contributed by atoms with Crippen LogP contribution < -0.4 is 0 Å². The molecule has 0 heterocycles. The standard InChI is InChI=1S/C37H38Si/c1-5-13-27-15-8-10-17-29(27)31-19-12-21-35-33(31)23-25-37(35)38(3,4)36-24-22-32-30(18-11-20-34(32)36)28-16-9-7-14-26(28)6-2/h7-12,14-25,36-37H,5-6,13H2,1-4H3. The van der Waals surface area contributed by atoms with E-state index in [0.717, 1.165) is 12.8 Å². The van der Waals surface area contributed by atoms with E-state index in [4.69, 9.17) is 0 Å². The van der Waals surface area contributed by atoms with Crippen LogP contribution in [0.3, 0.4) is 0 Å². The Hall–Kier alpha value is -3.42. The third kappa shape index (κ3) is 4.05. The van der Waals surface area contributed by atoms with Crippen LogP contribution in [0.1, 0.15) is 64.7 Å². The van der Waals surface area contributed by atoms with Crippen molar-refractivity contribution in [1.29, 1.82) is 0 Å². The first-order valence-electron chi connectivity index (χ1n) is 14.3. The lowest BCUT2D eigenvalue weighted by Crippen LogP contribution is -2.40. The Morgan fingerprint density at radius 3 is 1.55 bits per heavy atom. The minimum atomic E-state index is -1.81. The summed E-state index contributed by atoms with van der Waals surface area (Å²) in [6, 6.07) is 31.9. The van der Waals surface area contributed by atoms with Gasteiger partial charge in [0.1, 0.15) is 0 Å². The van der Waals surface area contributed by atoms with Gasteiger partial charge >= 0.3 is 0 Å². The van der Waals surface area contributed by atoms with E-state index in [1.54, 1.807) is 0 Å². The summed E-state index contributed by atoms with van der Waals surface area (Å²) in [5.41, 5.74) is 15.4. The van der Waals surface area contributed by atoms with Crippen LogP contribution in [0.2, 0.25) is 13.1 Å². The first kappa shape index (κ1) is 24.9. The normalized spacial score (nSPS) is 17.6. The van der Waals surface area contributed by atoms with E-state index in [0.29, 0.717) is 11.1 Å². The van der Waals surface area contributed by atoms with Gasteiger partial charge in [0.2, 0.25) is 0 Å². The lowest BCUT2D eigenvalue weighted by Gasteiger charge is -2.35. The average molecular weight is 511 g/mol. The van der Waals surface area contributed by atoms with Crippen LogP contribution in [0.5, 0.6) is 0 Å². The quantitative estimate of drug-likeness (QED) is 0.217. The molecule has 6 rings (SSSR count). The van der Waals surface area contributed by atoms with Gasteiger partial charge in [-0.25, -0.2) is 0 Å². The maximum Gasteiger partial charge on any atom is 0.0715 e. The molecule has 1 heteroatoms. The molecular formula is C37H38Si. The summed E-state index contributed by atoms with van der Waals surface area (Å²) in [7, 11) is -1.81. The van der Waals surface area contributed by atoms with Crippen LogP contribution in [0.15, 0.2) is 97.1 Å². The molecule has 0 aromatic heterocycles. The molecule has 0 saturated carbocycles. The van der Waals surface area contributed by atoms with E-state index in [-0.39, 0.29) is 0 Å². The van der Waals surface area contributed by atoms with Crippen molar-refractivity contribution in [1.82, 2.24) is 0 Å². The Kier molecular flexibility index (Phi) is 6.58. The van der Waals surface area contributed by atoms with Crippen LogP contribution in [0, 0.1) is 0 Å². The number of hydrogen-bond donors (Lipinski definition) is 0. The molecule has 2 unspecified atom stereocenters. The van der Waals surface area contributed by atoms with E-state index < -0.39 is 8.07 Å². The largest absolute Gasteiger partial charge is 0.0791 e. The Balaban J connectivity index is 1.39. The summed E-state index contributed by atoms with van der Waals surface area (Å²) < 4.78 is 0. The fourth-order valence-corrected chi connectivity index (χ4v) is 10.7. The van der Waals surface area contributed by atoms with Gasteiger partial charge in [-0.2, -0.15) is 0 Å². The second kappa shape index (κ2) is 10.0. The van der Waals surface area contributed by atoms with E-state index in [1.807, 2.05) is 0 Å². The summed E-state index contributed by atoms with van der Waals surface area (Å²) in [5.74, 6) is 0. The zero-order valence-electron chi connectivity index (χ0n) is 23.2. The van der Waals surface area contributed by atoms with Gasteiger partial charge in [0, 0.05) is 0 Å². The Labute approximate surface area is 229 Å². The maximum absolute atomic E-state index is 2.60. The van der Waals surface area contributed by atoms with E-state index in [1.165, 1.54) is 62.1 Å². The molecule has 0 fully saturated rings. The SMILES string of the molecule is CCCc1ccccc1-c1cccc2c1C=CC2[Si](C)(C)C1C=Cc2c(-c3ccccc3CC)cccc21. The topological polar surface area (TPSA) is 0 Å². The van der Waals surface area contributed by atoms with E-state index >= 15 is 0 Å². The molecule has 38 heavy (non-hydrogen) atoms. The van der Waals surface area contributed by atoms with Crippen LogP contribution in [0.4, 0.5) is 0 Å². The molecule has 2 aliphatic carbocycles. The Morgan fingerprint density at radius 1 is 0.553 bits per heavy atom. The molecule has 0 radical (unpaired) electrons. The fraction of sp³-hybridized carbons (Fsp3) is 0.243. The smallest absolute Gasteiger partial charge is 0.0715 e. The summed E-state index contributed by atoms with van der Waals surface area (Å²) in [6.45, 7) is 9.74. The lowest BCUT2D eigenvalue weighted by atomic mass is 9.92. The molecule has 0 bridgehead atoms. The van der Waals surface area contributed by atoms with Crippen molar-refractivity contribution >= 4 is 20.2 Å². The summed E-state index contributed by atoms with van der Waals surface area (Å²) in [6.07, 6.45) is 13.3. The number of allylic oxidation sites excluding steroid dienone is 2. The minimum Gasteiger partial charge on any atom is -0.0791 e. The highest BCUT2D eigenvalue weighted by atomic mass is 28.3. The molecule has 2 aliphatic rings. The molecular weight excluding hydrogens is 472 g/mol. The monoisotopic (exact) mass is 510 g/mol. The van der Waals surface area contributed by atoms with Crippen molar-refractivity contribution in [3.63, 3.8) is 0 Å². The second-order valence-corrected chi connectivity index (χ2v) is 16.4. The van der Waals surface area contributed by atoms with Gasteiger partial charge in [-0.15, -0.1) is 0 Å². The molecule has 0 spiro atoms. The predicted molar refractivity (Wildman–Crippen MR) is 168 cm³/mol. The molecule has 0 amide bonds. The van der Waals surface area contributed by atoms with Crippen LogP contribution >= 0.6 is 0 Å². The van der Waals surface area contributed by atoms with Crippen molar-refractivity contribution in [2.45, 2.75) is 57.3 Å². The van der Waals surface area contributed by atoms with Gasteiger partial charge in [0.05, 0.1) is 8.07 Å². The lowest BCUT2D eigenvalue weighted by molar-refractivity contribution is 0.923. The van der Waals surface area contributed by atoms with Crippen LogP contribution in [0.25, 0.3) is 34.4 Å². The van der Waals surface area contributed by atoms with Crippen LogP contribution in [-0.2, 0) is 12.8 Å². The molecule has 0 saturated heterocycles. The highest BCUT2D eigenvalue weighted by Gasteiger charge is 2.43. The number of rotatable bonds is 7. The third-order valence-electron chi connectivity index (χ3n) is 8.98. The predicted octanol–water partition coefficient (Wildman–Crippen LogP) is 10.2. The summed E-state index contributed by atoms with van der Waals surface area (Å²) >= 11 is 0. The Bertz CT molecular complexity index is 1550. The van der Waals surface area contributed by atoms with Gasteiger partial charge < -0.3 is 0 Å². The molecule has 0 N–H and O–H groups in total. The van der Waals surface area contributed by atoms with Gasteiger partial charge in [-0.05, 0) is 79.6 Å². The van der Waals surface area contributed by atoms with Crippen molar-refractivity contribution in [2.24, 2.45) is 0 Å². The third-order valence-corrected chi connectivity index (χ3v) is 13.2. The minimum absolute atomic E-state index is 0.503. The summed E-state index contributed by atoms with van der Waals surface area (Å²) in [5, 5.41) is 0. The van der Waals surface area contributed by atoms with E-state index in [9.17, 15) is 0 Å². The molecule has 0 aliphatic heterocycles. The zero-order chi connectivity index (χ0) is 26.3. The maximum atomic E-state index is 2.60. The van der Waals surface area contributed by atoms with Crippen molar-refractivity contribution in [3.05, 3.63) is 130 Å². The first-order valence-corrected chi connectivity index (χ1v) is 17.5. The van der Waals surface area contributed by atoms with Gasteiger partial charge in [-0.3, -0.25) is 0 Å². The molecule has 4 aromatic carbocycles. The molecule has 4 aromatic rings. The van der Waals surface area contributed by atoms with Crippen molar-refractivity contribution in [2.75, 3.05) is 0 Å². The highest BCUT2D eigenvalue weighted by molar-refractivity contribution is 6.81. The average Bonchev–Trinajstić information content (AvgIpc) is 3.59.